The summed E-state index contributed by atoms with van der Waals surface area (Å²) >= 11 is 5.58. The summed E-state index contributed by atoms with van der Waals surface area (Å²) in [6, 6.07) is 0. The fourth-order valence-electron chi connectivity index (χ4n) is 1.36. The van der Waals surface area contributed by atoms with E-state index in [4.69, 9.17) is 11.6 Å². The van der Waals surface area contributed by atoms with Crippen molar-refractivity contribution in [3.8, 4) is 0 Å². The molecule has 1 aromatic rings. The first kappa shape index (κ1) is 12.8. The summed E-state index contributed by atoms with van der Waals surface area (Å²) in [5.41, 5.74) is 0.146. The lowest BCUT2D eigenvalue weighted by Gasteiger charge is -2.11. The van der Waals surface area contributed by atoms with Crippen molar-refractivity contribution in [2.45, 2.75) is 19.2 Å². The van der Waals surface area contributed by atoms with E-state index >= 15 is 0 Å². The van der Waals surface area contributed by atoms with E-state index < -0.39 is 12.4 Å². The lowest BCUT2D eigenvalue weighted by atomic mass is 10.0. The molecule has 0 spiro atoms. The summed E-state index contributed by atoms with van der Waals surface area (Å²) in [5, 5.41) is 0. The molecule has 1 aromatic heterocycles. The highest BCUT2D eigenvalue weighted by molar-refractivity contribution is 6.17. The molecule has 0 bridgehead atoms. The summed E-state index contributed by atoms with van der Waals surface area (Å²) in [5.74, 6) is -0.738. The molecule has 0 aliphatic rings. The molecule has 0 aliphatic heterocycles. The molecule has 0 fully saturated rings. The molecule has 1 heterocycles. The average Bonchev–Trinajstić information content (AvgIpc) is 2.26. The minimum absolute atomic E-state index is 0.0234. The van der Waals surface area contributed by atoms with Gasteiger partial charge >= 0.3 is 5.97 Å². The number of esters is 1. The monoisotopic (exact) mass is 249 g/mol. The normalized spacial score (nSPS) is 10.6. The molecule has 0 aromatic carbocycles. The van der Waals surface area contributed by atoms with Crippen molar-refractivity contribution in [1.29, 1.82) is 0 Å². The Kier molecular flexibility index (Phi) is 4.18. The van der Waals surface area contributed by atoms with Crippen molar-refractivity contribution in [2.75, 3.05) is 7.11 Å². The number of carbonyl (C=O) groups is 1. The van der Waals surface area contributed by atoms with E-state index in [2.05, 4.69) is 9.72 Å². The van der Waals surface area contributed by atoms with Crippen molar-refractivity contribution in [1.82, 2.24) is 4.98 Å². The van der Waals surface area contributed by atoms with Crippen LogP contribution in [0, 0.1) is 6.92 Å². The smallest absolute Gasteiger partial charge is 0.340 e. The molecule has 0 radical (unpaired) electrons. The molecular formula is C10H10ClF2NO2. The Labute approximate surface area is 96.4 Å². The van der Waals surface area contributed by atoms with E-state index in [0.29, 0.717) is 0 Å². The number of rotatable bonds is 3. The summed E-state index contributed by atoms with van der Waals surface area (Å²) in [7, 11) is 1.18. The second-order valence-corrected chi connectivity index (χ2v) is 3.35. The number of nitrogens with zero attached hydrogens (tertiary/aromatic N) is 1. The van der Waals surface area contributed by atoms with Gasteiger partial charge in [0.1, 0.15) is 0 Å². The van der Waals surface area contributed by atoms with Crippen molar-refractivity contribution in [3.63, 3.8) is 0 Å². The van der Waals surface area contributed by atoms with Crippen LogP contribution in [0.3, 0.4) is 0 Å². The van der Waals surface area contributed by atoms with Crippen LogP contribution in [-0.2, 0) is 10.6 Å². The Morgan fingerprint density at radius 3 is 2.69 bits per heavy atom. The van der Waals surface area contributed by atoms with Crippen LogP contribution in [0.1, 0.15) is 33.6 Å². The Hall–Kier alpha value is -1.23. The third-order valence-electron chi connectivity index (χ3n) is 2.21. The first-order valence-electron chi connectivity index (χ1n) is 4.43. The Morgan fingerprint density at radius 2 is 2.25 bits per heavy atom. The number of aromatic nitrogens is 1. The number of alkyl halides is 3. The first-order chi connectivity index (χ1) is 7.52. The van der Waals surface area contributed by atoms with Crippen molar-refractivity contribution in [3.05, 3.63) is 28.6 Å². The van der Waals surface area contributed by atoms with E-state index in [-0.39, 0.29) is 28.3 Å². The largest absolute Gasteiger partial charge is 0.465 e. The third kappa shape index (κ3) is 2.29. The second kappa shape index (κ2) is 5.21. The zero-order chi connectivity index (χ0) is 12.3. The van der Waals surface area contributed by atoms with Gasteiger partial charge in [-0.1, -0.05) is 0 Å². The number of pyridine rings is 1. The Bertz CT molecular complexity index is 410. The number of methoxy groups -OCH3 is 1. The fourth-order valence-corrected chi connectivity index (χ4v) is 1.57. The van der Waals surface area contributed by atoms with E-state index in [1.807, 2.05) is 0 Å². The Balaban J connectivity index is 3.40. The zero-order valence-electron chi connectivity index (χ0n) is 8.76. The van der Waals surface area contributed by atoms with Gasteiger partial charge in [-0.05, 0) is 12.5 Å². The van der Waals surface area contributed by atoms with Crippen LogP contribution in [-0.4, -0.2) is 18.1 Å². The standard InChI is InChI=1S/C10H10ClF2NO2/c1-5-6(9(12)13)4-14-7(3-11)8(5)10(15)16-2/h4,9H,3H2,1-2H3. The van der Waals surface area contributed by atoms with Crippen LogP contribution in [0.5, 0.6) is 0 Å². The van der Waals surface area contributed by atoms with Crippen molar-refractivity contribution >= 4 is 17.6 Å². The van der Waals surface area contributed by atoms with E-state index in [9.17, 15) is 13.6 Å². The summed E-state index contributed by atoms with van der Waals surface area (Å²) in [6.45, 7) is 1.42. The SMILES string of the molecule is COC(=O)c1c(CCl)ncc(C(F)F)c1C. The van der Waals surface area contributed by atoms with Gasteiger partial charge in [-0.15, -0.1) is 11.6 Å². The van der Waals surface area contributed by atoms with Crippen LogP contribution < -0.4 is 0 Å². The summed E-state index contributed by atoms with van der Waals surface area (Å²) in [6.07, 6.45) is -1.65. The number of hydrogen-bond donors (Lipinski definition) is 0. The lowest BCUT2D eigenvalue weighted by molar-refractivity contribution is 0.0597. The van der Waals surface area contributed by atoms with Crippen molar-refractivity contribution < 1.29 is 18.3 Å². The van der Waals surface area contributed by atoms with Crippen molar-refractivity contribution in [2.24, 2.45) is 0 Å². The number of hydrogen-bond acceptors (Lipinski definition) is 3. The summed E-state index contributed by atoms with van der Waals surface area (Å²) < 4.78 is 29.7. The number of halogens is 3. The van der Waals surface area contributed by atoms with Crippen LogP contribution >= 0.6 is 11.6 Å². The minimum atomic E-state index is -2.68. The second-order valence-electron chi connectivity index (χ2n) is 3.09. The molecule has 88 valence electrons. The van der Waals surface area contributed by atoms with Gasteiger partial charge < -0.3 is 4.74 Å². The van der Waals surface area contributed by atoms with Gasteiger partial charge in [0.15, 0.2) is 0 Å². The van der Waals surface area contributed by atoms with E-state index in [1.54, 1.807) is 0 Å². The van der Waals surface area contributed by atoms with Crippen LogP contribution in [0.2, 0.25) is 0 Å². The van der Waals surface area contributed by atoms with Gasteiger partial charge in [-0.2, -0.15) is 0 Å². The van der Waals surface area contributed by atoms with Gasteiger partial charge in [0.2, 0.25) is 0 Å². The molecule has 0 saturated carbocycles. The molecule has 0 amide bonds. The molecular weight excluding hydrogens is 240 g/mol. The Morgan fingerprint density at radius 1 is 1.62 bits per heavy atom. The molecule has 3 nitrogen and oxygen atoms in total. The van der Waals surface area contributed by atoms with E-state index in [0.717, 1.165) is 6.20 Å². The molecule has 0 aliphatic carbocycles. The van der Waals surface area contributed by atoms with Gasteiger partial charge in [0.25, 0.3) is 6.43 Å². The highest BCUT2D eigenvalue weighted by Crippen LogP contribution is 2.26. The maximum Gasteiger partial charge on any atom is 0.340 e. The molecule has 0 atom stereocenters. The first-order valence-corrected chi connectivity index (χ1v) is 4.97. The zero-order valence-corrected chi connectivity index (χ0v) is 9.52. The van der Waals surface area contributed by atoms with Gasteiger partial charge in [-0.3, -0.25) is 4.98 Å². The summed E-state index contributed by atoms with van der Waals surface area (Å²) in [4.78, 5) is 15.2. The average molecular weight is 250 g/mol. The van der Waals surface area contributed by atoms with Crippen LogP contribution in [0.15, 0.2) is 6.20 Å². The fraction of sp³-hybridized carbons (Fsp3) is 0.400. The molecule has 0 N–H and O–H groups in total. The van der Waals surface area contributed by atoms with Crippen LogP contribution in [0.4, 0.5) is 8.78 Å². The molecule has 0 unspecified atom stereocenters. The maximum atomic E-state index is 12.6. The highest BCUT2D eigenvalue weighted by Gasteiger charge is 2.22. The minimum Gasteiger partial charge on any atom is -0.465 e. The van der Waals surface area contributed by atoms with Gasteiger partial charge in [0.05, 0.1) is 24.2 Å². The maximum absolute atomic E-state index is 12.6. The van der Waals surface area contributed by atoms with Gasteiger partial charge in [-0.25, -0.2) is 13.6 Å². The number of carbonyl (C=O) groups excluding carboxylic acids is 1. The molecule has 0 saturated heterocycles. The number of ether oxygens (including phenoxy) is 1. The topological polar surface area (TPSA) is 39.2 Å². The molecule has 1 rings (SSSR count). The lowest BCUT2D eigenvalue weighted by Crippen LogP contribution is -2.11. The highest BCUT2D eigenvalue weighted by atomic mass is 35.5. The predicted octanol–water partition coefficient (Wildman–Crippen LogP) is 2.85. The quantitative estimate of drug-likeness (QED) is 0.611. The van der Waals surface area contributed by atoms with Gasteiger partial charge in [0, 0.05) is 11.8 Å². The predicted molar refractivity (Wildman–Crippen MR) is 54.8 cm³/mol. The van der Waals surface area contributed by atoms with Crippen LogP contribution in [0.25, 0.3) is 0 Å². The molecule has 16 heavy (non-hydrogen) atoms. The third-order valence-corrected chi connectivity index (χ3v) is 2.46. The molecule has 6 heteroatoms. The van der Waals surface area contributed by atoms with E-state index in [1.165, 1.54) is 14.0 Å².